The van der Waals surface area contributed by atoms with E-state index in [1.165, 1.54) is 7.11 Å². The van der Waals surface area contributed by atoms with Gasteiger partial charge in [0.15, 0.2) is 0 Å². The van der Waals surface area contributed by atoms with Crippen LogP contribution < -0.4 is 14.4 Å². The molecule has 4 atom stereocenters. The molecule has 3 aliphatic heterocycles. The Morgan fingerprint density at radius 3 is 2.83 bits per heavy atom. The van der Waals surface area contributed by atoms with Crippen LogP contribution in [0.1, 0.15) is 0 Å². The van der Waals surface area contributed by atoms with E-state index in [4.69, 9.17) is 14.2 Å². The fourth-order valence-electron chi connectivity index (χ4n) is 3.99. The summed E-state index contributed by atoms with van der Waals surface area (Å²) in [4.78, 5) is 26.1. The van der Waals surface area contributed by atoms with E-state index in [0.29, 0.717) is 17.2 Å². The van der Waals surface area contributed by atoms with Gasteiger partial charge in [0.2, 0.25) is 5.91 Å². The molecule has 0 aromatic heterocycles. The number of rotatable bonds is 4. The third kappa shape index (κ3) is 1.81. The van der Waals surface area contributed by atoms with Crippen LogP contribution in [0, 0.1) is 11.8 Å². The number of hydrogen-bond acceptors (Lipinski definition) is 5. The summed E-state index contributed by atoms with van der Waals surface area (Å²) in [5, 5.41) is 9.50. The van der Waals surface area contributed by atoms with Gasteiger partial charge in [-0.3, -0.25) is 9.59 Å². The second kappa shape index (κ2) is 4.98. The van der Waals surface area contributed by atoms with Crippen LogP contribution in [0.4, 0.5) is 5.69 Å². The van der Waals surface area contributed by atoms with E-state index in [0.717, 1.165) is 0 Å². The Balaban J connectivity index is 1.74. The van der Waals surface area contributed by atoms with Gasteiger partial charge >= 0.3 is 5.97 Å². The van der Waals surface area contributed by atoms with Crippen molar-refractivity contribution in [2.24, 2.45) is 11.8 Å². The van der Waals surface area contributed by atoms with Crippen molar-refractivity contribution < 1.29 is 28.9 Å². The highest BCUT2D eigenvalue weighted by Crippen LogP contribution is 2.53. The largest absolute Gasteiger partial charge is 0.497 e. The number of amides is 1. The van der Waals surface area contributed by atoms with Crippen molar-refractivity contribution >= 4 is 17.6 Å². The highest BCUT2D eigenvalue weighted by molar-refractivity contribution is 6.03. The predicted octanol–water partition coefficient (Wildman–Crippen LogP) is 1.07. The number of nitrogens with zero attached hydrogens (tertiary/aromatic N) is 1. The summed E-state index contributed by atoms with van der Waals surface area (Å²) in [5.41, 5.74) is -0.285. The SMILES string of the molecule is COc1ccc(N2C[C@@]34C=C[C@@H](O3)[C@H](C(=O)O)[C@@H]4C2=O)c(OC)c1. The van der Waals surface area contributed by atoms with Crippen LogP contribution in [0.3, 0.4) is 0 Å². The van der Waals surface area contributed by atoms with Crippen LogP contribution in [0.25, 0.3) is 0 Å². The number of carboxylic acid groups (broad SMARTS) is 1. The smallest absolute Gasteiger partial charge is 0.310 e. The Bertz CT molecular complexity index is 759. The average Bonchev–Trinajstić information content (AvgIpc) is 3.22. The van der Waals surface area contributed by atoms with Crippen LogP contribution in [0.2, 0.25) is 0 Å². The minimum Gasteiger partial charge on any atom is -0.497 e. The quantitative estimate of drug-likeness (QED) is 0.831. The predicted molar refractivity (Wildman–Crippen MR) is 83.3 cm³/mol. The van der Waals surface area contributed by atoms with Crippen molar-refractivity contribution in [1.82, 2.24) is 0 Å². The lowest BCUT2D eigenvalue weighted by molar-refractivity contribution is -0.146. The molecule has 126 valence electrons. The number of fused-ring (bicyclic) bond motifs is 1. The molecule has 0 aliphatic carbocycles. The molecule has 1 N–H and O–H groups in total. The Labute approximate surface area is 138 Å². The molecule has 2 saturated heterocycles. The van der Waals surface area contributed by atoms with Gasteiger partial charge in [-0.25, -0.2) is 0 Å². The topological polar surface area (TPSA) is 85.3 Å². The first-order chi connectivity index (χ1) is 11.5. The van der Waals surface area contributed by atoms with E-state index in [2.05, 4.69) is 0 Å². The lowest BCUT2D eigenvalue weighted by Crippen LogP contribution is -2.39. The first-order valence-corrected chi connectivity index (χ1v) is 7.64. The number of anilines is 1. The van der Waals surface area contributed by atoms with Crippen LogP contribution in [0.15, 0.2) is 30.4 Å². The van der Waals surface area contributed by atoms with Crippen LogP contribution in [0.5, 0.6) is 11.5 Å². The van der Waals surface area contributed by atoms with Crippen molar-refractivity contribution in [3.63, 3.8) is 0 Å². The number of benzene rings is 1. The van der Waals surface area contributed by atoms with Crippen LogP contribution in [-0.4, -0.2) is 49.5 Å². The summed E-state index contributed by atoms with van der Waals surface area (Å²) in [6.07, 6.45) is 3.05. The fourth-order valence-corrected chi connectivity index (χ4v) is 3.99. The maximum absolute atomic E-state index is 13.0. The molecule has 0 unspecified atom stereocenters. The van der Waals surface area contributed by atoms with Crippen LogP contribution in [-0.2, 0) is 14.3 Å². The standard InChI is InChI=1S/C17H17NO6/c1-22-9-3-4-10(12(7-9)23-2)18-8-17-6-5-11(24-17)13(16(20)21)14(17)15(18)19/h3-7,11,13-14H,8H2,1-2H3,(H,20,21)/t11-,13+,14-,17-/m1/s1. The van der Waals surface area contributed by atoms with Crippen molar-refractivity contribution in [3.05, 3.63) is 30.4 Å². The van der Waals surface area contributed by atoms with Crippen LogP contribution >= 0.6 is 0 Å². The van der Waals surface area contributed by atoms with Gasteiger partial charge in [-0.05, 0) is 12.1 Å². The van der Waals surface area contributed by atoms with Gasteiger partial charge in [0.1, 0.15) is 23.0 Å². The Kier molecular flexibility index (Phi) is 3.11. The highest BCUT2D eigenvalue weighted by atomic mass is 16.5. The number of hydrogen-bond donors (Lipinski definition) is 1. The number of aliphatic carboxylic acids is 1. The van der Waals surface area contributed by atoms with E-state index in [9.17, 15) is 14.7 Å². The minimum atomic E-state index is -1.01. The molecular formula is C17H17NO6. The first-order valence-electron chi connectivity index (χ1n) is 7.64. The van der Waals surface area contributed by atoms with Gasteiger partial charge in [-0.1, -0.05) is 12.2 Å². The monoisotopic (exact) mass is 331 g/mol. The summed E-state index contributed by atoms with van der Waals surface area (Å²) >= 11 is 0. The molecule has 1 amide bonds. The maximum atomic E-state index is 13.0. The van der Waals surface area contributed by atoms with Gasteiger partial charge in [0.05, 0.1) is 38.5 Å². The third-order valence-electron chi connectivity index (χ3n) is 5.06. The normalized spacial score (nSPS) is 33.0. The first kappa shape index (κ1) is 15.0. The number of methoxy groups -OCH3 is 2. The van der Waals surface area contributed by atoms with E-state index in [1.807, 2.05) is 6.08 Å². The van der Waals surface area contributed by atoms with E-state index in [-0.39, 0.29) is 12.5 Å². The fraction of sp³-hybridized carbons (Fsp3) is 0.412. The summed E-state index contributed by atoms with van der Waals surface area (Å²) in [5.74, 6) is -1.72. The molecule has 2 bridgehead atoms. The van der Waals surface area contributed by atoms with Crippen molar-refractivity contribution in [1.29, 1.82) is 0 Å². The lowest BCUT2D eigenvalue weighted by Gasteiger charge is -2.23. The molecule has 7 heteroatoms. The molecule has 1 spiro atoms. The molecule has 3 aliphatic rings. The Morgan fingerprint density at radius 1 is 1.38 bits per heavy atom. The summed E-state index contributed by atoms with van der Waals surface area (Å²) in [6.45, 7) is 0.274. The zero-order chi connectivity index (χ0) is 17.1. The number of carbonyl (C=O) groups excluding carboxylic acids is 1. The molecule has 1 aromatic rings. The molecule has 0 radical (unpaired) electrons. The van der Waals surface area contributed by atoms with Gasteiger partial charge < -0.3 is 24.2 Å². The third-order valence-corrected chi connectivity index (χ3v) is 5.06. The molecule has 0 saturated carbocycles. The summed E-state index contributed by atoms with van der Waals surface area (Å²) in [6, 6.07) is 5.16. The minimum absolute atomic E-state index is 0.252. The second-order valence-electron chi connectivity index (χ2n) is 6.20. The zero-order valence-electron chi connectivity index (χ0n) is 13.3. The van der Waals surface area contributed by atoms with E-state index >= 15 is 0 Å². The average molecular weight is 331 g/mol. The van der Waals surface area contributed by atoms with Gasteiger partial charge in [0.25, 0.3) is 0 Å². The number of carboxylic acids is 1. The van der Waals surface area contributed by atoms with E-state index in [1.54, 1.807) is 36.3 Å². The van der Waals surface area contributed by atoms with Crippen molar-refractivity contribution in [2.75, 3.05) is 25.7 Å². The summed E-state index contributed by atoms with van der Waals surface area (Å²) < 4.78 is 16.4. The van der Waals surface area contributed by atoms with Gasteiger partial charge in [0, 0.05) is 6.07 Å². The van der Waals surface area contributed by atoms with Crippen molar-refractivity contribution in [3.8, 4) is 11.5 Å². The summed E-state index contributed by atoms with van der Waals surface area (Å²) in [7, 11) is 3.06. The van der Waals surface area contributed by atoms with Gasteiger partial charge in [-0.2, -0.15) is 0 Å². The second-order valence-corrected chi connectivity index (χ2v) is 6.20. The molecule has 2 fully saturated rings. The highest BCUT2D eigenvalue weighted by Gasteiger charge is 2.67. The molecule has 4 rings (SSSR count). The maximum Gasteiger partial charge on any atom is 0.310 e. The number of ether oxygens (including phenoxy) is 3. The molecule has 24 heavy (non-hydrogen) atoms. The van der Waals surface area contributed by atoms with E-state index < -0.39 is 29.5 Å². The van der Waals surface area contributed by atoms with Crippen molar-refractivity contribution in [2.45, 2.75) is 11.7 Å². The molecule has 1 aromatic carbocycles. The molecule has 7 nitrogen and oxygen atoms in total. The Morgan fingerprint density at radius 2 is 2.17 bits per heavy atom. The zero-order valence-corrected chi connectivity index (χ0v) is 13.3. The number of carbonyl (C=O) groups is 2. The lowest BCUT2D eigenvalue weighted by atomic mass is 9.77. The Hall–Kier alpha value is -2.54. The van der Waals surface area contributed by atoms with Gasteiger partial charge in [-0.15, -0.1) is 0 Å². The molecular weight excluding hydrogens is 314 g/mol. The molecule has 3 heterocycles.